The van der Waals surface area contributed by atoms with Gasteiger partial charge in [-0.15, -0.1) is 0 Å². The van der Waals surface area contributed by atoms with Crippen molar-refractivity contribution in [1.29, 1.82) is 0 Å². The Hall–Kier alpha value is -0.660. The Balaban J connectivity index is 2.48. The Morgan fingerprint density at radius 2 is 2.00 bits per heavy atom. The first-order valence-corrected chi connectivity index (χ1v) is 4.42. The fourth-order valence-electron chi connectivity index (χ4n) is 0.802. The highest BCUT2D eigenvalue weighted by atomic mass is 32.2. The summed E-state index contributed by atoms with van der Waals surface area (Å²) in [6, 6.07) is 0. The lowest BCUT2D eigenvalue weighted by Gasteiger charge is -2.33. The van der Waals surface area contributed by atoms with E-state index in [1.165, 1.54) is 0 Å². The molecule has 0 unspecified atom stereocenters. The number of carboxylic acid groups (broad SMARTS) is 1. The number of carbonyl (C=O) groups is 1. The quantitative estimate of drug-likeness (QED) is 0.523. The number of nitrogens with zero attached hydrogens (tertiary/aromatic N) is 1. The molecular formula is C4H8N2O4S. The van der Waals surface area contributed by atoms with E-state index in [-0.39, 0.29) is 13.1 Å². The standard InChI is InChI=1S/C4H8N2O4S/c5-11(9,10)6-1-3(2-6)4(7)8/h3H,1-2H2,(H,7,8)(H2,5,9,10). The molecule has 1 aliphatic heterocycles. The lowest BCUT2D eigenvalue weighted by molar-refractivity contribution is -0.145. The molecule has 0 saturated carbocycles. The Labute approximate surface area is 63.8 Å². The van der Waals surface area contributed by atoms with E-state index in [2.05, 4.69) is 0 Å². The molecule has 6 nitrogen and oxygen atoms in total. The summed E-state index contributed by atoms with van der Waals surface area (Å²) >= 11 is 0. The monoisotopic (exact) mass is 180 g/mol. The average molecular weight is 180 g/mol. The van der Waals surface area contributed by atoms with Gasteiger partial charge in [0.15, 0.2) is 0 Å². The molecule has 1 heterocycles. The fourth-order valence-corrected chi connectivity index (χ4v) is 1.58. The molecule has 0 bridgehead atoms. The van der Waals surface area contributed by atoms with Crippen LogP contribution in [0.3, 0.4) is 0 Å². The molecule has 0 radical (unpaired) electrons. The van der Waals surface area contributed by atoms with Crippen molar-refractivity contribution in [3.05, 3.63) is 0 Å². The second-order valence-corrected chi connectivity index (χ2v) is 3.94. The summed E-state index contributed by atoms with van der Waals surface area (Å²) < 4.78 is 21.9. The van der Waals surface area contributed by atoms with Crippen LogP contribution in [0.4, 0.5) is 0 Å². The number of aliphatic carboxylic acids is 1. The van der Waals surface area contributed by atoms with Gasteiger partial charge in [-0.25, -0.2) is 5.14 Å². The summed E-state index contributed by atoms with van der Waals surface area (Å²) in [5, 5.41) is 13.1. The van der Waals surface area contributed by atoms with Crippen molar-refractivity contribution >= 4 is 16.2 Å². The molecule has 1 rings (SSSR count). The van der Waals surface area contributed by atoms with Crippen molar-refractivity contribution in [2.45, 2.75) is 0 Å². The van der Waals surface area contributed by atoms with Gasteiger partial charge in [0, 0.05) is 13.1 Å². The maximum absolute atomic E-state index is 10.5. The number of hydrogen-bond acceptors (Lipinski definition) is 3. The first kappa shape index (κ1) is 8.44. The van der Waals surface area contributed by atoms with Crippen LogP contribution in [0.2, 0.25) is 0 Å². The Morgan fingerprint density at radius 1 is 1.55 bits per heavy atom. The summed E-state index contributed by atoms with van der Waals surface area (Å²) in [5.74, 6) is -1.57. The van der Waals surface area contributed by atoms with Gasteiger partial charge in [-0.05, 0) is 0 Å². The van der Waals surface area contributed by atoms with Crippen LogP contribution in [0.15, 0.2) is 0 Å². The van der Waals surface area contributed by atoms with Crippen LogP contribution < -0.4 is 5.14 Å². The van der Waals surface area contributed by atoms with Crippen LogP contribution in [-0.4, -0.2) is 36.9 Å². The molecule has 0 aromatic rings. The van der Waals surface area contributed by atoms with Gasteiger partial charge in [0.1, 0.15) is 0 Å². The molecule has 7 heteroatoms. The highest BCUT2D eigenvalue weighted by Gasteiger charge is 2.37. The zero-order valence-corrected chi connectivity index (χ0v) is 6.41. The van der Waals surface area contributed by atoms with Crippen molar-refractivity contribution in [2.24, 2.45) is 11.1 Å². The van der Waals surface area contributed by atoms with Crippen LogP contribution >= 0.6 is 0 Å². The maximum Gasteiger partial charge on any atom is 0.309 e. The SMILES string of the molecule is NS(=O)(=O)N1CC(C(=O)O)C1. The van der Waals surface area contributed by atoms with Crippen molar-refractivity contribution in [2.75, 3.05) is 13.1 Å². The van der Waals surface area contributed by atoms with Gasteiger partial charge in [-0.1, -0.05) is 0 Å². The van der Waals surface area contributed by atoms with E-state index in [0.29, 0.717) is 0 Å². The first-order valence-electron chi connectivity index (χ1n) is 2.92. The van der Waals surface area contributed by atoms with E-state index in [0.717, 1.165) is 4.31 Å². The van der Waals surface area contributed by atoms with Crippen LogP contribution in [0, 0.1) is 5.92 Å². The van der Waals surface area contributed by atoms with Crippen molar-refractivity contribution in [3.63, 3.8) is 0 Å². The first-order chi connectivity index (χ1) is 4.91. The molecule has 64 valence electrons. The molecule has 11 heavy (non-hydrogen) atoms. The van der Waals surface area contributed by atoms with Crippen molar-refractivity contribution in [3.8, 4) is 0 Å². The average Bonchev–Trinajstić information content (AvgIpc) is 1.51. The number of hydrogen-bond donors (Lipinski definition) is 2. The van der Waals surface area contributed by atoms with Gasteiger partial charge in [-0.2, -0.15) is 12.7 Å². The van der Waals surface area contributed by atoms with Gasteiger partial charge in [0.25, 0.3) is 10.2 Å². The highest BCUT2D eigenvalue weighted by Crippen LogP contribution is 2.16. The molecular weight excluding hydrogens is 172 g/mol. The normalized spacial score (nSPS) is 21.2. The Morgan fingerprint density at radius 3 is 2.27 bits per heavy atom. The lowest BCUT2D eigenvalue weighted by atomic mass is 10.0. The van der Waals surface area contributed by atoms with Crippen molar-refractivity contribution in [1.82, 2.24) is 4.31 Å². The molecule has 1 fully saturated rings. The molecule has 0 spiro atoms. The van der Waals surface area contributed by atoms with E-state index in [9.17, 15) is 13.2 Å². The molecule has 0 amide bonds. The highest BCUT2D eigenvalue weighted by molar-refractivity contribution is 7.86. The third kappa shape index (κ3) is 1.67. The number of nitrogens with two attached hydrogens (primary N) is 1. The van der Waals surface area contributed by atoms with Gasteiger partial charge >= 0.3 is 5.97 Å². The van der Waals surface area contributed by atoms with Gasteiger partial charge < -0.3 is 5.11 Å². The maximum atomic E-state index is 10.5. The molecule has 0 atom stereocenters. The molecule has 1 aliphatic rings. The summed E-state index contributed by atoms with van der Waals surface area (Å²) in [6.45, 7) is -0.0116. The summed E-state index contributed by atoms with van der Waals surface area (Å²) in [6.07, 6.45) is 0. The predicted octanol–water partition coefficient (Wildman–Crippen LogP) is -1.79. The zero-order valence-electron chi connectivity index (χ0n) is 5.60. The third-order valence-corrected chi connectivity index (χ3v) is 2.58. The van der Waals surface area contributed by atoms with Crippen molar-refractivity contribution < 1.29 is 18.3 Å². The zero-order chi connectivity index (χ0) is 8.65. The smallest absolute Gasteiger partial charge is 0.309 e. The summed E-state index contributed by atoms with van der Waals surface area (Å²) in [7, 11) is -3.66. The Bertz CT molecular complexity index is 266. The minimum Gasteiger partial charge on any atom is -0.481 e. The molecule has 3 N–H and O–H groups in total. The minimum atomic E-state index is -3.66. The van der Waals surface area contributed by atoms with E-state index >= 15 is 0 Å². The molecule has 0 aliphatic carbocycles. The topological polar surface area (TPSA) is 101 Å². The van der Waals surface area contributed by atoms with Crippen LogP contribution in [0.1, 0.15) is 0 Å². The number of rotatable bonds is 2. The fraction of sp³-hybridized carbons (Fsp3) is 0.750. The molecule has 1 saturated heterocycles. The van der Waals surface area contributed by atoms with Crippen LogP contribution in [-0.2, 0) is 15.0 Å². The van der Waals surface area contributed by atoms with Gasteiger partial charge in [0.2, 0.25) is 0 Å². The van der Waals surface area contributed by atoms with Gasteiger partial charge in [0.05, 0.1) is 5.92 Å². The lowest BCUT2D eigenvalue weighted by Crippen LogP contribution is -2.55. The molecule has 0 aromatic carbocycles. The predicted molar refractivity (Wildman–Crippen MR) is 35.8 cm³/mol. The van der Waals surface area contributed by atoms with E-state index < -0.39 is 22.1 Å². The van der Waals surface area contributed by atoms with E-state index in [4.69, 9.17) is 10.2 Å². The van der Waals surface area contributed by atoms with Crippen LogP contribution in [0.5, 0.6) is 0 Å². The third-order valence-electron chi connectivity index (χ3n) is 1.56. The Kier molecular flexibility index (Phi) is 1.87. The minimum absolute atomic E-state index is 0.00579. The van der Waals surface area contributed by atoms with Gasteiger partial charge in [-0.3, -0.25) is 4.79 Å². The second-order valence-electron chi connectivity index (χ2n) is 2.40. The summed E-state index contributed by atoms with van der Waals surface area (Å²) in [4.78, 5) is 10.2. The van der Waals surface area contributed by atoms with E-state index in [1.54, 1.807) is 0 Å². The summed E-state index contributed by atoms with van der Waals surface area (Å²) in [5.41, 5.74) is 0. The number of carboxylic acids is 1. The largest absolute Gasteiger partial charge is 0.481 e. The second kappa shape index (κ2) is 2.43. The molecule has 0 aromatic heterocycles. The van der Waals surface area contributed by atoms with Crippen LogP contribution in [0.25, 0.3) is 0 Å². The van der Waals surface area contributed by atoms with E-state index in [1.807, 2.05) is 0 Å².